The number of hydrogen-bond acceptors (Lipinski definition) is 2. The van der Waals surface area contributed by atoms with E-state index in [0.717, 1.165) is 29.8 Å². The molecule has 2 rings (SSSR count). The number of carbonyl (C=O) groups is 1. The van der Waals surface area contributed by atoms with Crippen LogP contribution in [0.5, 0.6) is 0 Å². The largest absolute Gasteiger partial charge is 0.335 e. The third kappa shape index (κ3) is 4.50. The van der Waals surface area contributed by atoms with Gasteiger partial charge in [-0.15, -0.1) is 0 Å². The van der Waals surface area contributed by atoms with Crippen LogP contribution >= 0.6 is 11.6 Å². The Morgan fingerprint density at radius 3 is 2.60 bits per heavy atom. The van der Waals surface area contributed by atoms with Crippen molar-refractivity contribution in [2.75, 3.05) is 6.54 Å². The lowest BCUT2D eigenvalue weighted by Gasteiger charge is -2.23. The molecule has 2 N–H and O–H groups in total. The molecule has 1 unspecified atom stereocenters. The molecular formula is C16H23ClN2O. The molecule has 0 heterocycles. The molecule has 0 aromatic heterocycles. The summed E-state index contributed by atoms with van der Waals surface area (Å²) in [6, 6.07) is 8.18. The van der Waals surface area contributed by atoms with Crippen LogP contribution in [0.2, 0.25) is 5.02 Å². The molecule has 1 atom stereocenters. The van der Waals surface area contributed by atoms with Crippen molar-refractivity contribution in [2.45, 2.75) is 45.2 Å². The van der Waals surface area contributed by atoms with Crippen molar-refractivity contribution >= 4 is 17.5 Å². The molecule has 1 fully saturated rings. The van der Waals surface area contributed by atoms with Gasteiger partial charge < -0.3 is 10.6 Å². The Morgan fingerprint density at radius 1 is 1.40 bits per heavy atom. The average molecular weight is 295 g/mol. The molecule has 1 amide bonds. The Kier molecular flexibility index (Phi) is 5.44. The van der Waals surface area contributed by atoms with E-state index in [1.807, 2.05) is 29.2 Å². The third-order valence-electron chi connectivity index (χ3n) is 3.83. The van der Waals surface area contributed by atoms with Gasteiger partial charge in [0.05, 0.1) is 0 Å². The molecule has 1 aromatic rings. The van der Waals surface area contributed by atoms with E-state index in [1.165, 1.54) is 0 Å². The number of hydrogen-bond donors (Lipinski definition) is 1. The normalized spacial score (nSPS) is 15.9. The number of rotatable bonds is 7. The standard InChI is InChI=1S/C16H23ClN2O/c1-12(10-18)2-9-16(20)19(15-7-8-15)11-13-3-5-14(17)6-4-13/h3-6,12,15H,2,7-11,18H2,1H3. The predicted octanol–water partition coefficient (Wildman–Crippen LogP) is 3.21. The summed E-state index contributed by atoms with van der Waals surface area (Å²) >= 11 is 5.89. The van der Waals surface area contributed by atoms with Crippen LogP contribution in [0.25, 0.3) is 0 Å². The van der Waals surface area contributed by atoms with Gasteiger partial charge in [0.1, 0.15) is 0 Å². The summed E-state index contributed by atoms with van der Waals surface area (Å²) < 4.78 is 0. The van der Waals surface area contributed by atoms with E-state index in [0.29, 0.717) is 31.5 Å². The highest BCUT2D eigenvalue weighted by molar-refractivity contribution is 6.30. The molecule has 1 aliphatic carbocycles. The van der Waals surface area contributed by atoms with Crippen LogP contribution in [0, 0.1) is 5.92 Å². The molecule has 0 saturated heterocycles. The molecule has 1 saturated carbocycles. The number of halogens is 1. The van der Waals surface area contributed by atoms with E-state index in [1.54, 1.807) is 0 Å². The number of benzene rings is 1. The van der Waals surface area contributed by atoms with Crippen molar-refractivity contribution in [2.24, 2.45) is 11.7 Å². The highest BCUT2D eigenvalue weighted by atomic mass is 35.5. The Hall–Kier alpha value is -1.06. The van der Waals surface area contributed by atoms with Gasteiger partial charge in [-0.2, -0.15) is 0 Å². The third-order valence-corrected chi connectivity index (χ3v) is 4.08. The first-order valence-corrected chi connectivity index (χ1v) is 7.72. The topological polar surface area (TPSA) is 46.3 Å². The molecule has 3 nitrogen and oxygen atoms in total. The van der Waals surface area contributed by atoms with E-state index in [9.17, 15) is 4.79 Å². The van der Waals surface area contributed by atoms with Gasteiger partial charge >= 0.3 is 0 Å². The second-order valence-corrected chi connectivity index (χ2v) is 6.20. The first-order valence-electron chi connectivity index (χ1n) is 7.34. The fourth-order valence-electron chi connectivity index (χ4n) is 2.22. The maximum atomic E-state index is 12.4. The monoisotopic (exact) mass is 294 g/mol. The summed E-state index contributed by atoms with van der Waals surface area (Å²) in [5, 5.41) is 0.731. The molecule has 0 bridgehead atoms. The molecular weight excluding hydrogens is 272 g/mol. The van der Waals surface area contributed by atoms with E-state index < -0.39 is 0 Å². The highest BCUT2D eigenvalue weighted by Crippen LogP contribution is 2.29. The molecule has 1 aromatic carbocycles. The van der Waals surface area contributed by atoms with Crippen molar-refractivity contribution < 1.29 is 4.79 Å². The van der Waals surface area contributed by atoms with Crippen molar-refractivity contribution in [1.82, 2.24) is 4.90 Å². The van der Waals surface area contributed by atoms with E-state index in [2.05, 4.69) is 6.92 Å². The predicted molar refractivity (Wildman–Crippen MR) is 82.5 cm³/mol. The maximum Gasteiger partial charge on any atom is 0.223 e. The first kappa shape index (κ1) is 15.3. The smallest absolute Gasteiger partial charge is 0.223 e. The summed E-state index contributed by atoms with van der Waals surface area (Å²) in [5.74, 6) is 0.665. The Morgan fingerprint density at radius 2 is 2.05 bits per heavy atom. The van der Waals surface area contributed by atoms with E-state index in [-0.39, 0.29) is 5.91 Å². The second kappa shape index (κ2) is 7.09. The van der Waals surface area contributed by atoms with Gasteiger partial charge in [0.25, 0.3) is 0 Å². The van der Waals surface area contributed by atoms with Crippen LogP contribution in [-0.4, -0.2) is 23.4 Å². The SMILES string of the molecule is CC(CN)CCC(=O)N(Cc1ccc(Cl)cc1)C1CC1. The second-order valence-electron chi connectivity index (χ2n) is 5.76. The molecule has 0 radical (unpaired) electrons. The molecule has 0 aliphatic heterocycles. The average Bonchev–Trinajstić information content (AvgIpc) is 3.28. The lowest BCUT2D eigenvalue weighted by Crippen LogP contribution is -2.32. The van der Waals surface area contributed by atoms with Crippen LogP contribution in [0.1, 0.15) is 38.2 Å². The van der Waals surface area contributed by atoms with Crippen molar-refractivity contribution in [1.29, 1.82) is 0 Å². The molecule has 0 spiro atoms. The fourth-order valence-corrected chi connectivity index (χ4v) is 2.35. The summed E-state index contributed by atoms with van der Waals surface area (Å²) in [4.78, 5) is 14.4. The molecule has 110 valence electrons. The van der Waals surface area contributed by atoms with E-state index >= 15 is 0 Å². The minimum Gasteiger partial charge on any atom is -0.335 e. The zero-order valence-electron chi connectivity index (χ0n) is 12.0. The van der Waals surface area contributed by atoms with Crippen molar-refractivity contribution in [3.8, 4) is 0 Å². The summed E-state index contributed by atoms with van der Waals surface area (Å²) in [6.45, 7) is 3.43. The van der Waals surface area contributed by atoms with Crippen LogP contribution in [-0.2, 0) is 11.3 Å². The van der Waals surface area contributed by atoms with Gasteiger partial charge in [-0.3, -0.25) is 4.79 Å². The van der Waals surface area contributed by atoms with Crippen LogP contribution in [0.3, 0.4) is 0 Å². The Labute approximate surface area is 126 Å². The minimum atomic E-state index is 0.253. The minimum absolute atomic E-state index is 0.253. The van der Waals surface area contributed by atoms with Gasteiger partial charge in [0.15, 0.2) is 0 Å². The Balaban J connectivity index is 1.93. The first-order chi connectivity index (χ1) is 9.60. The van der Waals surface area contributed by atoms with Crippen LogP contribution in [0.4, 0.5) is 0 Å². The number of nitrogens with two attached hydrogens (primary N) is 1. The van der Waals surface area contributed by atoms with Crippen molar-refractivity contribution in [3.05, 3.63) is 34.9 Å². The van der Waals surface area contributed by atoms with Crippen LogP contribution < -0.4 is 5.73 Å². The van der Waals surface area contributed by atoms with Gasteiger partial charge in [-0.25, -0.2) is 0 Å². The Bertz CT molecular complexity index is 442. The van der Waals surface area contributed by atoms with Crippen LogP contribution in [0.15, 0.2) is 24.3 Å². The maximum absolute atomic E-state index is 12.4. The summed E-state index contributed by atoms with van der Waals surface area (Å²) in [7, 11) is 0. The number of nitrogens with zero attached hydrogens (tertiary/aromatic N) is 1. The number of carbonyl (C=O) groups excluding carboxylic acids is 1. The highest BCUT2D eigenvalue weighted by Gasteiger charge is 2.32. The lowest BCUT2D eigenvalue weighted by molar-refractivity contribution is -0.132. The summed E-state index contributed by atoms with van der Waals surface area (Å²) in [6.07, 6.45) is 3.74. The zero-order valence-corrected chi connectivity index (χ0v) is 12.8. The zero-order chi connectivity index (χ0) is 14.5. The molecule has 1 aliphatic rings. The van der Waals surface area contributed by atoms with Gasteiger partial charge in [0, 0.05) is 24.0 Å². The van der Waals surface area contributed by atoms with Gasteiger partial charge in [-0.1, -0.05) is 30.7 Å². The summed E-state index contributed by atoms with van der Waals surface area (Å²) in [5.41, 5.74) is 6.75. The number of amides is 1. The van der Waals surface area contributed by atoms with Gasteiger partial charge in [0.2, 0.25) is 5.91 Å². The van der Waals surface area contributed by atoms with Gasteiger partial charge in [-0.05, 0) is 49.4 Å². The molecule has 20 heavy (non-hydrogen) atoms. The van der Waals surface area contributed by atoms with E-state index in [4.69, 9.17) is 17.3 Å². The molecule has 4 heteroatoms. The fraction of sp³-hybridized carbons (Fsp3) is 0.562. The lowest BCUT2D eigenvalue weighted by atomic mass is 10.1. The quantitative estimate of drug-likeness (QED) is 0.839. The van der Waals surface area contributed by atoms with Crippen molar-refractivity contribution in [3.63, 3.8) is 0 Å².